The van der Waals surface area contributed by atoms with Gasteiger partial charge in [0.2, 0.25) is 0 Å². The molecule has 0 unspecified atom stereocenters. The minimum atomic E-state index is -0.240. The van der Waals surface area contributed by atoms with E-state index in [1.165, 1.54) is 5.56 Å². The van der Waals surface area contributed by atoms with Crippen LogP contribution in [0.15, 0.2) is 54.6 Å². The standard InChI is InChI=1S/C6H4Br3.C5H5.Fe/c7-6(8,9)5-3-1-2-4-5;1-2-4-5-3-1;/h1-4H;1-5H;/q-1;-5;. The number of alkyl halides is 3. The Hall–Kier alpha value is 0.659. The summed E-state index contributed by atoms with van der Waals surface area (Å²) < 4.78 is -0.240. The topological polar surface area (TPSA) is 0 Å². The fourth-order valence-corrected chi connectivity index (χ4v) is 1.68. The van der Waals surface area contributed by atoms with Crippen molar-refractivity contribution in [2.45, 2.75) is 2.14 Å². The van der Waals surface area contributed by atoms with E-state index in [1.807, 2.05) is 54.6 Å². The van der Waals surface area contributed by atoms with E-state index in [-0.39, 0.29) is 19.2 Å². The fourth-order valence-electron chi connectivity index (χ4n) is 0.884. The molecule has 0 radical (unpaired) electrons. The molecule has 15 heavy (non-hydrogen) atoms. The minimum absolute atomic E-state index is 0. The van der Waals surface area contributed by atoms with Gasteiger partial charge >= 0.3 is 0 Å². The summed E-state index contributed by atoms with van der Waals surface area (Å²) in [4.78, 5) is 0. The second kappa shape index (κ2) is 7.86. The Balaban J connectivity index is 0.000000280. The Morgan fingerprint density at radius 1 is 0.800 bits per heavy atom. The van der Waals surface area contributed by atoms with Crippen molar-refractivity contribution in [1.29, 1.82) is 0 Å². The first kappa shape index (κ1) is 15.7. The van der Waals surface area contributed by atoms with Crippen LogP contribution in [0.3, 0.4) is 0 Å². The molecule has 2 rings (SSSR count). The summed E-state index contributed by atoms with van der Waals surface area (Å²) in [5.74, 6) is 0. The second-order valence-electron chi connectivity index (χ2n) is 2.63. The van der Waals surface area contributed by atoms with Crippen molar-refractivity contribution in [3.8, 4) is 0 Å². The van der Waals surface area contributed by atoms with Crippen LogP contribution < -0.4 is 0 Å². The Labute approximate surface area is 126 Å². The van der Waals surface area contributed by atoms with Crippen LogP contribution in [-0.2, 0) is 19.2 Å². The van der Waals surface area contributed by atoms with Crippen LogP contribution in [0.25, 0.3) is 0 Å². The first-order valence-corrected chi connectivity index (χ1v) is 6.44. The normalized spacial score (nSPS) is 9.80. The van der Waals surface area contributed by atoms with Crippen LogP contribution in [0, 0.1) is 0 Å². The first-order chi connectivity index (χ1) is 6.61. The van der Waals surface area contributed by atoms with E-state index in [0.717, 1.165) is 0 Å². The summed E-state index contributed by atoms with van der Waals surface area (Å²) in [6.07, 6.45) is 0. The molecule has 0 heterocycles. The van der Waals surface area contributed by atoms with Gasteiger partial charge in [0, 0.05) is 17.1 Å². The molecule has 88 valence electrons. The van der Waals surface area contributed by atoms with Gasteiger partial charge < -0.3 is 30.3 Å². The van der Waals surface area contributed by atoms with Crippen molar-refractivity contribution in [3.63, 3.8) is 0 Å². The molecule has 0 atom stereocenters. The number of hydrogen-bond acceptors (Lipinski definition) is 0. The van der Waals surface area contributed by atoms with Gasteiger partial charge in [-0.25, -0.2) is 12.1 Å². The van der Waals surface area contributed by atoms with E-state index in [2.05, 4.69) is 47.8 Å². The maximum atomic E-state index is 3.40. The molecule has 0 nitrogen and oxygen atoms in total. The van der Waals surface area contributed by atoms with E-state index in [0.29, 0.717) is 0 Å². The van der Waals surface area contributed by atoms with E-state index >= 15 is 0 Å². The van der Waals surface area contributed by atoms with Gasteiger partial charge in [-0.15, -0.1) is 5.56 Å². The molecule has 0 N–H and O–H groups in total. The number of rotatable bonds is 0. The predicted molar refractivity (Wildman–Crippen MR) is 72.5 cm³/mol. The molecule has 0 saturated heterocycles. The SMILES string of the molecule is BrC(Br)(Br)[c-]1cccc1.[Fe].[cH-]1[cH-][cH-][cH-][cH-]1. The molecule has 0 amide bonds. The summed E-state index contributed by atoms with van der Waals surface area (Å²) >= 11 is 10.2. The zero-order chi connectivity index (χ0) is 10.4. The van der Waals surface area contributed by atoms with Gasteiger partial charge in [-0.1, -0.05) is 47.8 Å². The Morgan fingerprint density at radius 3 is 1.33 bits per heavy atom. The van der Waals surface area contributed by atoms with E-state index in [4.69, 9.17) is 0 Å². The van der Waals surface area contributed by atoms with Gasteiger partial charge in [0.05, 0.1) is 0 Å². The van der Waals surface area contributed by atoms with Crippen LogP contribution in [-0.4, -0.2) is 0 Å². The summed E-state index contributed by atoms with van der Waals surface area (Å²) in [7, 11) is 0. The van der Waals surface area contributed by atoms with Gasteiger partial charge in [-0.05, 0) is 0 Å². The molecule has 0 aliphatic rings. The molecule has 0 saturated carbocycles. The Kier molecular flexibility index (Phi) is 8.20. The first-order valence-electron chi connectivity index (χ1n) is 4.06. The van der Waals surface area contributed by atoms with Gasteiger partial charge in [0.25, 0.3) is 0 Å². The van der Waals surface area contributed by atoms with Gasteiger partial charge in [-0.3, -0.25) is 0 Å². The summed E-state index contributed by atoms with van der Waals surface area (Å²) in [5.41, 5.74) is 1.17. The second-order valence-corrected chi connectivity index (χ2v) is 9.39. The monoisotopic (exact) mass is 434 g/mol. The smallest absolute Gasteiger partial charge is 0.117 e. The quantitative estimate of drug-likeness (QED) is 0.306. The zero-order valence-corrected chi connectivity index (χ0v) is 13.5. The van der Waals surface area contributed by atoms with Crippen molar-refractivity contribution in [2.24, 2.45) is 0 Å². The van der Waals surface area contributed by atoms with Crippen LogP contribution in [0.2, 0.25) is 0 Å². The summed E-state index contributed by atoms with van der Waals surface area (Å²) in [6.45, 7) is 0. The van der Waals surface area contributed by atoms with E-state index in [9.17, 15) is 0 Å². The van der Waals surface area contributed by atoms with Crippen LogP contribution in [0.5, 0.6) is 0 Å². The van der Waals surface area contributed by atoms with Crippen molar-refractivity contribution in [1.82, 2.24) is 0 Å². The molecular formula is C11H9Br3Fe-6. The third-order valence-electron chi connectivity index (χ3n) is 1.55. The van der Waals surface area contributed by atoms with Gasteiger partial charge in [0.1, 0.15) is 2.14 Å². The largest absolute Gasteiger partial charge is 0.748 e. The Bertz CT molecular complexity index is 302. The van der Waals surface area contributed by atoms with Crippen LogP contribution in [0.1, 0.15) is 5.56 Å². The van der Waals surface area contributed by atoms with Crippen LogP contribution in [0.4, 0.5) is 0 Å². The van der Waals surface area contributed by atoms with Gasteiger partial charge in [-0.2, -0.15) is 12.1 Å². The van der Waals surface area contributed by atoms with Crippen molar-refractivity contribution < 1.29 is 17.1 Å². The summed E-state index contributed by atoms with van der Waals surface area (Å²) in [6, 6.07) is 18.0. The Morgan fingerprint density at radius 2 is 1.13 bits per heavy atom. The number of hydrogen-bond donors (Lipinski definition) is 0. The average Bonchev–Trinajstić information content (AvgIpc) is 2.80. The van der Waals surface area contributed by atoms with Crippen molar-refractivity contribution in [3.05, 3.63) is 60.2 Å². The molecule has 0 fully saturated rings. The van der Waals surface area contributed by atoms with E-state index < -0.39 is 0 Å². The molecule has 4 heteroatoms. The molecular weight excluding hydrogens is 428 g/mol. The molecule has 0 aliphatic heterocycles. The maximum absolute atomic E-state index is 3.40. The number of halogens is 3. The molecule has 2 aromatic rings. The third-order valence-corrected chi connectivity index (χ3v) is 2.92. The third kappa shape index (κ3) is 6.75. The van der Waals surface area contributed by atoms with Crippen molar-refractivity contribution in [2.75, 3.05) is 0 Å². The molecule has 2 aromatic carbocycles. The maximum Gasteiger partial charge on any atom is 0.117 e. The molecule has 0 aromatic heterocycles. The van der Waals surface area contributed by atoms with E-state index in [1.54, 1.807) is 0 Å². The average molecular weight is 437 g/mol. The molecule has 0 aliphatic carbocycles. The zero-order valence-electron chi connectivity index (χ0n) is 7.68. The van der Waals surface area contributed by atoms with Gasteiger partial charge in [0.15, 0.2) is 0 Å². The fraction of sp³-hybridized carbons (Fsp3) is 0.0909. The molecule has 0 spiro atoms. The molecule has 0 bridgehead atoms. The predicted octanol–water partition coefficient (Wildman–Crippen LogP) is 5.10. The minimum Gasteiger partial charge on any atom is -0.748 e. The van der Waals surface area contributed by atoms with Crippen LogP contribution >= 0.6 is 47.8 Å². The summed E-state index contributed by atoms with van der Waals surface area (Å²) in [5, 5.41) is 0. The van der Waals surface area contributed by atoms with Crippen molar-refractivity contribution >= 4 is 47.8 Å².